The van der Waals surface area contributed by atoms with Crippen molar-refractivity contribution >= 4 is 17.6 Å². The van der Waals surface area contributed by atoms with Crippen LogP contribution in [0.15, 0.2) is 12.3 Å². The highest BCUT2D eigenvalue weighted by atomic mass is 35.5. The summed E-state index contributed by atoms with van der Waals surface area (Å²) in [6.45, 7) is 0.279. The topological polar surface area (TPSA) is 29.5 Å². The molecule has 0 rings (SSSR count). The molecule has 0 aliphatic heterocycles. The van der Waals surface area contributed by atoms with E-state index in [-0.39, 0.29) is 6.54 Å². The average Bonchev–Trinajstić information content (AvgIpc) is 2.14. The van der Waals surface area contributed by atoms with Crippen LogP contribution in [-0.2, 0) is 9.53 Å². The standard InChI is InChI=1S/C8H13ClFNO2/c1-13-8(12)2-5-11(6-3-9)7-4-10/h2,5H,3-4,6-7H2,1H3/b5-2+. The Hall–Kier alpha value is -0.770. The van der Waals surface area contributed by atoms with Gasteiger partial charge in [-0.15, -0.1) is 11.6 Å². The van der Waals surface area contributed by atoms with Gasteiger partial charge in [-0.3, -0.25) is 0 Å². The summed E-state index contributed by atoms with van der Waals surface area (Å²) in [6.07, 6.45) is 2.72. The summed E-state index contributed by atoms with van der Waals surface area (Å²) in [4.78, 5) is 12.3. The molecule has 3 nitrogen and oxygen atoms in total. The fraction of sp³-hybridized carbons (Fsp3) is 0.625. The molecule has 0 atom stereocenters. The van der Waals surface area contributed by atoms with Crippen molar-refractivity contribution in [2.24, 2.45) is 0 Å². The number of methoxy groups -OCH3 is 1. The highest BCUT2D eigenvalue weighted by Crippen LogP contribution is 1.92. The Balaban J connectivity index is 3.91. The first kappa shape index (κ1) is 12.2. The molecular weight excluding hydrogens is 197 g/mol. The van der Waals surface area contributed by atoms with Gasteiger partial charge in [0.25, 0.3) is 0 Å². The summed E-state index contributed by atoms with van der Waals surface area (Å²) in [6, 6.07) is 0. The molecule has 0 heterocycles. The number of carbonyl (C=O) groups is 1. The predicted octanol–water partition coefficient (Wildman–Crippen LogP) is 1.18. The third-order valence-corrected chi connectivity index (χ3v) is 1.54. The summed E-state index contributed by atoms with van der Waals surface area (Å²) in [5.41, 5.74) is 0. The molecule has 76 valence electrons. The SMILES string of the molecule is COC(=O)/C=C/N(CCF)CCCl. The minimum absolute atomic E-state index is 0.236. The van der Waals surface area contributed by atoms with Gasteiger partial charge in [-0.05, 0) is 0 Å². The largest absolute Gasteiger partial charge is 0.466 e. The van der Waals surface area contributed by atoms with Gasteiger partial charge in [-0.1, -0.05) is 0 Å². The number of esters is 1. The van der Waals surface area contributed by atoms with E-state index < -0.39 is 12.6 Å². The van der Waals surface area contributed by atoms with E-state index in [9.17, 15) is 9.18 Å². The van der Waals surface area contributed by atoms with Crippen molar-refractivity contribution in [3.8, 4) is 0 Å². The van der Waals surface area contributed by atoms with Gasteiger partial charge in [0.2, 0.25) is 0 Å². The van der Waals surface area contributed by atoms with Crippen molar-refractivity contribution in [3.05, 3.63) is 12.3 Å². The third-order valence-electron chi connectivity index (χ3n) is 1.37. The number of rotatable bonds is 6. The van der Waals surface area contributed by atoms with E-state index in [2.05, 4.69) is 4.74 Å². The summed E-state index contributed by atoms with van der Waals surface area (Å²) >= 11 is 5.47. The van der Waals surface area contributed by atoms with E-state index in [4.69, 9.17) is 11.6 Å². The Labute approximate surface area is 82.1 Å². The van der Waals surface area contributed by atoms with Gasteiger partial charge in [0.1, 0.15) is 6.67 Å². The maximum absolute atomic E-state index is 11.9. The van der Waals surface area contributed by atoms with Gasteiger partial charge in [0, 0.05) is 31.2 Å². The van der Waals surface area contributed by atoms with Crippen molar-refractivity contribution in [2.75, 3.05) is 32.8 Å². The molecule has 0 unspecified atom stereocenters. The number of carbonyl (C=O) groups excluding carboxylic acids is 1. The maximum Gasteiger partial charge on any atom is 0.331 e. The fourth-order valence-corrected chi connectivity index (χ4v) is 0.929. The van der Waals surface area contributed by atoms with Gasteiger partial charge < -0.3 is 9.64 Å². The van der Waals surface area contributed by atoms with Crippen LogP contribution in [0.5, 0.6) is 0 Å². The minimum Gasteiger partial charge on any atom is -0.466 e. The van der Waals surface area contributed by atoms with E-state index in [1.807, 2.05) is 0 Å². The molecule has 0 saturated heterocycles. The molecule has 0 aromatic rings. The van der Waals surface area contributed by atoms with Crippen LogP contribution in [0.1, 0.15) is 0 Å². The second kappa shape index (κ2) is 7.86. The van der Waals surface area contributed by atoms with Gasteiger partial charge >= 0.3 is 5.97 Å². The van der Waals surface area contributed by atoms with Crippen molar-refractivity contribution < 1.29 is 13.9 Å². The van der Waals surface area contributed by atoms with Crippen LogP contribution in [-0.4, -0.2) is 43.6 Å². The monoisotopic (exact) mass is 209 g/mol. The molecule has 13 heavy (non-hydrogen) atoms. The molecule has 0 aliphatic rings. The molecule has 0 fully saturated rings. The predicted molar refractivity (Wildman–Crippen MR) is 49.4 cm³/mol. The quantitative estimate of drug-likeness (QED) is 0.374. The Morgan fingerprint density at radius 3 is 2.77 bits per heavy atom. The number of nitrogens with zero attached hydrogens (tertiary/aromatic N) is 1. The normalized spacial score (nSPS) is 10.4. The highest BCUT2D eigenvalue weighted by molar-refractivity contribution is 6.18. The Morgan fingerprint density at radius 2 is 2.31 bits per heavy atom. The first-order chi connectivity index (χ1) is 6.24. The van der Waals surface area contributed by atoms with E-state index in [1.54, 1.807) is 4.90 Å². The fourth-order valence-electron chi connectivity index (χ4n) is 0.712. The lowest BCUT2D eigenvalue weighted by Gasteiger charge is -2.16. The minimum atomic E-state index is -0.470. The smallest absolute Gasteiger partial charge is 0.331 e. The number of ether oxygens (including phenoxy) is 1. The average molecular weight is 210 g/mol. The number of halogens is 2. The molecule has 0 aromatic heterocycles. The van der Waals surface area contributed by atoms with Crippen LogP contribution in [0.25, 0.3) is 0 Å². The van der Waals surface area contributed by atoms with Gasteiger partial charge in [-0.2, -0.15) is 0 Å². The van der Waals surface area contributed by atoms with E-state index >= 15 is 0 Å². The molecule has 0 amide bonds. The molecule has 0 aliphatic carbocycles. The zero-order chi connectivity index (χ0) is 10.1. The van der Waals surface area contributed by atoms with E-state index in [1.165, 1.54) is 19.4 Å². The van der Waals surface area contributed by atoms with Crippen LogP contribution >= 0.6 is 11.6 Å². The van der Waals surface area contributed by atoms with Crippen LogP contribution in [0.3, 0.4) is 0 Å². The van der Waals surface area contributed by atoms with Crippen LogP contribution in [0.4, 0.5) is 4.39 Å². The maximum atomic E-state index is 11.9. The van der Waals surface area contributed by atoms with E-state index in [0.717, 1.165) is 0 Å². The van der Waals surface area contributed by atoms with Gasteiger partial charge in [0.05, 0.1) is 7.11 Å². The second-order valence-electron chi connectivity index (χ2n) is 2.25. The summed E-state index contributed by atoms with van der Waals surface area (Å²) in [5, 5.41) is 0. The molecule has 0 N–H and O–H groups in total. The molecule has 0 radical (unpaired) electrons. The Kier molecular flexibility index (Phi) is 7.39. The first-order valence-electron chi connectivity index (χ1n) is 3.86. The molecule has 0 spiro atoms. The van der Waals surface area contributed by atoms with Crippen LogP contribution in [0.2, 0.25) is 0 Å². The lowest BCUT2D eigenvalue weighted by molar-refractivity contribution is -0.134. The highest BCUT2D eigenvalue weighted by Gasteiger charge is 1.98. The number of hydrogen-bond acceptors (Lipinski definition) is 3. The molecule has 0 aromatic carbocycles. The first-order valence-corrected chi connectivity index (χ1v) is 4.40. The lowest BCUT2D eigenvalue weighted by Crippen LogP contribution is -2.22. The lowest BCUT2D eigenvalue weighted by atomic mass is 10.5. The molecule has 5 heteroatoms. The molecular formula is C8H13ClFNO2. The summed E-state index contributed by atoms with van der Waals surface area (Å²) < 4.78 is 16.3. The zero-order valence-corrected chi connectivity index (χ0v) is 8.26. The Bertz CT molecular complexity index is 170. The number of alkyl halides is 2. The van der Waals surface area contributed by atoms with Crippen LogP contribution in [0, 0.1) is 0 Å². The van der Waals surface area contributed by atoms with Crippen LogP contribution < -0.4 is 0 Å². The van der Waals surface area contributed by atoms with Gasteiger partial charge in [-0.25, -0.2) is 9.18 Å². The Morgan fingerprint density at radius 1 is 1.62 bits per heavy atom. The molecule has 0 bridgehead atoms. The molecule has 0 saturated carbocycles. The van der Waals surface area contributed by atoms with Crippen molar-refractivity contribution in [2.45, 2.75) is 0 Å². The summed E-state index contributed by atoms with van der Waals surface area (Å²) in [7, 11) is 1.29. The van der Waals surface area contributed by atoms with Crippen molar-refractivity contribution in [1.82, 2.24) is 4.90 Å². The van der Waals surface area contributed by atoms with E-state index in [0.29, 0.717) is 12.4 Å². The van der Waals surface area contributed by atoms with Crippen molar-refractivity contribution in [3.63, 3.8) is 0 Å². The van der Waals surface area contributed by atoms with Crippen molar-refractivity contribution in [1.29, 1.82) is 0 Å². The zero-order valence-electron chi connectivity index (χ0n) is 7.50. The van der Waals surface area contributed by atoms with Gasteiger partial charge in [0.15, 0.2) is 0 Å². The number of hydrogen-bond donors (Lipinski definition) is 0. The summed E-state index contributed by atoms with van der Waals surface area (Å²) in [5.74, 6) is -0.0654. The third kappa shape index (κ3) is 6.40. The second-order valence-corrected chi connectivity index (χ2v) is 2.63.